The summed E-state index contributed by atoms with van der Waals surface area (Å²) < 4.78 is 0. The predicted molar refractivity (Wildman–Crippen MR) is 90.3 cm³/mol. The summed E-state index contributed by atoms with van der Waals surface area (Å²) in [6.07, 6.45) is 5.46. The first-order valence-corrected chi connectivity index (χ1v) is 8.58. The number of hydrogen-bond acceptors (Lipinski definition) is 3. The second kappa shape index (κ2) is 6.99. The van der Waals surface area contributed by atoms with E-state index in [1.807, 2.05) is 13.1 Å². The highest BCUT2D eigenvalue weighted by Gasteiger charge is 2.29. The van der Waals surface area contributed by atoms with Crippen LogP contribution in [0.3, 0.4) is 0 Å². The maximum atomic E-state index is 6.16. The predicted octanol–water partition coefficient (Wildman–Crippen LogP) is 3.12. The van der Waals surface area contributed by atoms with E-state index in [1.165, 1.54) is 63.1 Å². The number of piperidine rings is 1. The van der Waals surface area contributed by atoms with Gasteiger partial charge in [-0.1, -0.05) is 18.0 Å². The van der Waals surface area contributed by atoms with Crippen molar-refractivity contribution in [2.45, 2.75) is 38.3 Å². The number of anilines is 1. The maximum absolute atomic E-state index is 6.16. The zero-order valence-electron chi connectivity index (χ0n) is 12.9. The normalized spacial score (nSPS) is 23.7. The van der Waals surface area contributed by atoms with Crippen LogP contribution in [0.5, 0.6) is 0 Å². The Morgan fingerprint density at radius 2 is 2.00 bits per heavy atom. The SMILES string of the molecule is CNCc1cc(Cl)ccc1N1CCC(N2CCCCC2)C1. The number of hydrogen-bond donors (Lipinski definition) is 1. The molecule has 2 saturated heterocycles. The molecule has 116 valence electrons. The van der Waals surface area contributed by atoms with E-state index in [4.69, 9.17) is 11.6 Å². The van der Waals surface area contributed by atoms with Crippen LogP contribution in [0.15, 0.2) is 18.2 Å². The Hall–Kier alpha value is -0.770. The fraction of sp³-hybridized carbons (Fsp3) is 0.647. The number of rotatable bonds is 4. The van der Waals surface area contributed by atoms with Gasteiger partial charge in [0.05, 0.1) is 0 Å². The van der Waals surface area contributed by atoms with E-state index in [0.29, 0.717) is 0 Å². The molecule has 21 heavy (non-hydrogen) atoms. The fourth-order valence-corrected chi connectivity index (χ4v) is 3.93. The lowest BCUT2D eigenvalue weighted by Crippen LogP contribution is -2.41. The molecule has 0 aliphatic carbocycles. The third-order valence-corrected chi connectivity index (χ3v) is 5.05. The van der Waals surface area contributed by atoms with Crippen molar-refractivity contribution in [2.75, 3.05) is 38.1 Å². The Morgan fingerprint density at radius 3 is 2.76 bits per heavy atom. The van der Waals surface area contributed by atoms with Crippen molar-refractivity contribution >= 4 is 17.3 Å². The molecule has 2 aliphatic rings. The van der Waals surface area contributed by atoms with Crippen LogP contribution in [0.25, 0.3) is 0 Å². The molecule has 2 aliphatic heterocycles. The number of halogens is 1. The van der Waals surface area contributed by atoms with Crippen LogP contribution in [0.4, 0.5) is 5.69 Å². The van der Waals surface area contributed by atoms with Crippen LogP contribution < -0.4 is 10.2 Å². The third-order valence-electron chi connectivity index (χ3n) is 4.82. The Balaban J connectivity index is 1.70. The smallest absolute Gasteiger partial charge is 0.0413 e. The van der Waals surface area contributed by atoms with Crippen molar-refractivity contribution in [2.24, 2.45) is 0 Å². The average molecular weight is 308 g/mol. The zero-order valence-corrected chi connectivity index (χ0v) is 13.7. The minimum atomic E-state index is 0.739. The molecule has 0 amide bonds. The van der Waals surface area contributed by atoms with Gasteiger partial charge in [-0.15, -0.1) is 0 Å². The highest BCUT2D eigenvalue weighted by atomic mass is 35.5. The summed E-state index contributed by atoms with van der Waals surface area (Å²) >= 11 is 6.16. The Kier molecular flexibility index (Phi) is 5.04. The largest absolute Gasteiger partial charge is 0.370 e. The van der Waals surface area contributed by atoms with Gasteiger partial charge in [0.1, 0.15) is 0 Å². The quantitative estimate of drug-likeness (QED) is 0.922. The van der Waals surface area contributed by atoms with Crippen LogP contribution >= 0.6 is 11.6 Å². The first kappa shape index (κ1) is 15.1. The zero-order chi connectivity index (χ0) is 14.7. The van der Waals surface area contributed by atoms with Crippen LogP contribution in [-0.4, -0.2) is 44.2 Å². The van der Waals surface area contributed by atoms with Gasteiger partial charge >= 0.3 is 0 Å². The van der Waals surface area contributed by atoms with Crippen molar-refractivity contribution in [3.63, 3.8) is 0 Å². The second-order valence-corrected chi connectivity index (χ2v) is 6.72. The lowest BCUT2D eigenvalue weighted by molar-refractivity contribution is 0.175. The fourth-order valence-electron chi connectivity index (χ4n) is 3.74. The summed E-state index contributed by atoms with van der Waals surface area (Å²) in [4.78, 5) is 5.25. The van der Waals surface area contributed by atoms with Crippen LogP contribution in [0.1, 0.15) is 31.2 Å². The molecule has 1 atom stereocenters. The van der Waals surface area contributed by atoms with Gasteiger partial charge in [-0.05, 0) is 63.2 Å². The Labute approximate surface area is 133 Å². The van der Waals surface area contributed by atoms with E-state index in [-0.39, 0.29) is 0 Å². The van der Waals surface area contributed by atoms with Gasteiger partial charge in [0, 0.05) is 36.4 Å². The van der Waals surface area contributed by atoms with Gasteiger partial charge in [-0.25, -0.2) is 0 Å². The molecule has 0 spiro atoms. The topological polar surface area (TPSA) is 18.5 Å². The van der Waals surface area contributed by atoms with Crippen molar-refractivity contribution in [3.8, 4) is 0 Å². The lowest BCUT2D eigenvalue weighted by atomic mass is 10.1. The molecule has 2 heterocycles. The van der Waals surface area contributed by atoms with Crippen LogP contribution in [0, 0.1) is 0 Å². The van der Waals surface area contributed by atoms with E-state index in [0.717, 1.165) is 17.6 Å². The number of likely N-dealkylation sites (tertiary alicyclic amines) is 1. The van der Waals surface area contributed by atoms with Crippen molar-refractivity contribution in [1.82, 2.24) is 10.2 Å². The molecule has 0 bridgehead atoms. The molecule has 0 saturated carbocycles. The van der Waals surface area contributed by atoms with Crippen molar-refractivity contribution in [1.29, 1.82) is 0 Å². The molecule has 1 aromatic rings. The van der Waals surface area contributed by atoms with Crippen LogP contribution in [-0.2, 0) is 6.54 Å². The van der Waals surface area contributed by atoms with E-state index in [9.17, 15) is 0 Å². The summed E-state index contributed by atoms with van der Waals surface area (Å²) in [7, 11) is 1.99. The molecule has 1 aromatic carbocycles. The number of nitrogens with one attached hydrogen (secondary N) is 1. The minimum absolute atomic E-state index is 0.739. The molecule has 3 nitrogen and oxygen atoms in total. The second-order valence-electron chi connectivity index (χ2n) is 6.29. The van der Waals surface area contributed by atoms with Gasteiger partial charge in [-0.3, -0.25) is 4.90 Å². The third kappa shape index (κ3) is 3.53. The van der Waals surface area contributed by atoms with E-state index in [2.05, 4.69) is 27.2 Å². The molecule has 4 heteroatoms. The monoisotopic (exact) mass is 307 g/mol. The molecule has 3 rings (SSSR count). The Bertz CT molecular complexity index is 471. The van der Waals surface area contributed by atoms with E-state index < -0.39 is 0 Å². The molecule has 1 N–H and O–H groups in total. The van der Waals surface area contributed by atoms with E-state index in [1.54, 1.807) is 0 Å². The van der Waals surface area contributed by atoms with E-state index >= 15 is 0 Å². The highest BCUT2D eigenvalue weighted by Crippen LogP contribution is 2.29. The maximum Gasteiger partial charge on any atom is 0.0413 e. The molecule has 0 aromatic heterocycles. The first-order valence-electron chi connectivity index (χ1n) is 8.20. The number of benzene rings is 1. The molecule has 2 fully saturated rings. The molecular weight excluding hydrogens is 282 g/mol. The summed E-state index contributed by atoms with van der Waals surface area (Å²) in [5, 5.41) is 4.08. The number of nitrogens with zero attached hydrogens (tertiary/aromatic N) is 2. The minimum Gasteiger partial charge on any atom is -0.370 e. The summed E-state index contributed by atoms with van der Waals surface area (Å²) in [5.74, 6) is 0. The highest BCUT2D eigenvalue weighted by molar-refractivity contribution is 6.30. The lowest BCUT2D eigenvalue weighted by Gasteiger charge is -2.32. The first-order chi connectivity index (χ1) is 10.3. The van der Waals surface area contributed by atoms with Gasteiger partial charge in [-0.2, -0.15) is 0 Å². The van der Waals surface area contributed by atoms with Gasteiger partial charge in [0.2, 0.25) is 0 Å². The summed E-state index contributed by atoms with van der Waals surface area (Å²) in [5.41, 5.74) is 2.66. The van der Waals surface area contributed by atoms with Gasteiger partial charge in [0.25, 0.3) is 0 Å². The van der Waals surface area contributed by atoms with Crippen LogP contribution in [0.2, 0.25) is 5.02 Å². The standard InChI is InChI=1S/C17H26ClN3/c1-19-12-14-11-15(18)5-6-17(14)21-10-7-16(13-21)20-8-3-2-4-9-20/h5-6,11,16,19H,2-4,7-10,12-13H2,1H3. The van der Waals surface area contributed by atoms with Crippen molar-refractivity contribution in [3.05, 3.63) is 28.8 Å². The van der Waals surface area contributed by atoms with Gasteiger partial charge < -0.3 is 10.2 Å². The van der Waals surface area contributed by atoms with Gasteiger partial charge in [0.15, 0.2) is 0 Å². The molecule has 1 unspecified atom stereocenters. The van der Waals surface area contributed by atoms with Crippen molar-refractivity contribution < 1.29 is 0 Å². The average Bonchev–Trinajstić information content (AvgIpc) is 2.98. The summed E-state index contributed by atoms with van der Waals surface area (Å²) in [6.45, 7) is 5.80. The Morgan fingerprint density at radius 1 is 1.19 bits per heavy atom. The summed E-state index contributed by atoms with van der Waals surface area (Å²) in [6, 6.07) is 7.04. The molecular formula is C17H26ClN3. The molecule has 0 radical (unpaired) electrons.